The number of ether oxygens (including phenoxy) is 2. The summed E-state index contributed by atoms with van der Waals surface area (Å²) in [5.74, 6) is 1.79. The number of hydrogen-bond acceptors (Lipinski definition) is 7. The number of nitrogens with zero attached hydrogens (tertiary/aromatic N) is 2. The molecule has 0 bridgehead atoms. The molecule has 0 saturated carbocycles. The maximum atomic E-state index is 12.2. The summed E-state index contributed by atoms with van der Waals surface area (Å²) in [6.07, 6.45) is 1.77. The molecule has 0 aliphatic carbocycles. The maximum Gasteiger partial charge on any atom is 0.277 e. The summed E-state index contributed by atoms with van der Waals surface area (Å²) in [4.78, 5) is 15.2. The number of hydrogen-bond donors (Lipinski definition) is 1. The number of fused-ring (bicyclic) bond motifs is 1. The normalized spacial score (nSPS) is 12.5. The Labute approximate surface area is 135 Å². The van der Waals surface area contributed by atoms with Gasteiger partial charge in [-0.25, -0.2) is 0 Å². The van der Waals surface area contributed by atoms with E-state index in [1.807, 2.05) is 12.1 Å². The van der Waals surface area contributed by atoms with Crippen LogP contribution in [0.1, 0.15) is 10.4 Å². The Hall–Kier alpha value is -2.74. The van der Waals surface area contributed by atoms with Crippen molar-refractivity contribution in [1.29, 1.82) is 0 Å². The van der Waals surface area contributed by atoms with Crippen molar-refractivity contribution in [2.24, 2.45) is 0 Å². The molecular weight excluding hydrogens is 318 g/mol. The first kappa shape index (κ1) is 13.9. The summed E-state index contributed by atoms with van der Waals surface area (Å²) in [7, 11) is 0. The summed E-state index contributed by atoms with van der Waals surface area (Å²) in [5.41, 5.74) is 1.30. The predicted octanol–water partition coefficient (Wildman–Crippen LogP) is 2.77. The van der Waals surface area contributed by atoms with Gasteiger partial charge in [0.25, 0.3) is 11.1 Å². The number of carbonyl (C=O) groups is 1. The molecule has 1 aromatic carbocycles. The monoisotopic (exact) mass is 329 g/mol. The first-order valence-electron chi connectivity index (χ1n) is 6.82. The summed E-state index contributed by atoms with van der Waals surface area (Å²) in [6.45, 7) is 0.186. The van der Waals surface area contributed by atoms with E-state index in [4.69, 9.17) is 13.9 Å². The number of nitrogens with one attached hydrogen (secondary N) is 1. The highest BCUT2D eigenvalue weighted by Crippen LogP contribution is 2.33. The fraction of sp³-hybridized carbons (Fsp3) is 0.133. The fourth-order valence-corrected chi connectivity index (χ4v) is 2.78. The van der Waals surface area contributed by atoms with Crippen molar-refractivity contribution in [2.75, 3.05) is 12.5 Å². The molecule has 1 aliphatic heterocycles. The van der Waals surface area contributed by atoms with Crippen LogP contribution in [0, 0.1) is 0 Å². The summed E-state index contributed by atoms with van der Waals surface area (Å²) in [6, 6.07) is 8.81. The van der Waals surface area contributed by atoms with Gasteiger partial charge in [0.2, 0.25) is 6.79 Å². The van der Waals surface area contributed by atoms with Gasteiger partial charge in [-0.2, -0.15) is 0 Å². The van der Waals surface area contributed by atoms with E-state index < -0.39 is 0 Å². The number of benzene rings is 1. The van der Waals surface area contributed by atoms with Gasteiger partial charge in [-0.05, 0) is 30.3 Å². The van der Waals surface area contributed by atoms with E-state index in [-0.39, 0.29) is 18.3 Å². The van der Waals surface area contributed by atoms with Crippen molar-refractivity contribution in [3.8, 4) is 23.1 Å². The molecule has 116 valence electrons. The minimum atomic E-state index is -0.0482. The van der Waals surface area contributed by atoms with Crippen LogP contribution in [0.2, 0.25) is 0 Å². The number of carbonyl (C=O) groups excluding carboxylic acids is 1. The van der Waals surface area contributed by atoms with E-state index in [0.717, 1.165) is 5.69 Å². The number of aromatic amines is 1. The van der Waals surface area contributed by atoms with Crippen molar-refractivity contribution in [1.82, 2.24) is 15.2 Å². The first-order chi connectivity index (χ1) is 11.3. The van der Waals surface area contributed by atoms with Crippen LogP contribution in [-0.2, 0) is 0 Å². The fourth-order valence-electron chi connectivity index (χ4n) is 2.12. The lowest BCUT2D eigenvalue weighted by Crippen LogP contribution is -2.02. The predicted molar refractivity (Wildman–Crippen MR) is 81.7 cm³/mol. The number of thioether (sulfide) groups is 1. The third-order valence-electron chi connectivity index (χ3n) is 3.26. The van der Waals surface area contributed by atoms with Crippen LogP contribution in [0.3, 0.4) is 0 Å². The van der Waals surface area contributed by atoms with Crippen molar-refractivity contribution in [2.45, 2.75) is 5.22 Å². The minimum absolute atomic E-state index is 0.0482. The van der Waals surface area contributed by atoms with Gasteiger partial charge in [0.15, 0.2) is 17.3 Å². The van der Waals surface area contributed by atoms with Gasteiger partial charge in [0.1, 0.15) is 5.69 Å². The molecule has 0 radical (unpaired) electrons. The van der Waals surface area contributed by atoms with Crippen molar-refractivity contribution >= 4 is 17.5 Å². The average molecular weight is 329 g/mol. The standard InChI is InChI=1S/C15H11N3O4S/c19-11(9-3-4-12-13(6-9)21-8-20-12)7-23-15-18-17-14(22-15)10-2-1-5-16-10/h1-6,16H,7-8H2. The number of ketones is 1. The molecule has 23 heavy (non-hydrogen) atoms. The molecule has 0 amide bonds. The van der Waals surface area contributed by atoms with E-state index in [9.17, 15) is 4.79 Å². The molecule has 4 rings (SSSR count). The Kier molecular flexibility index (Phi) is 3.51. The molecular formula is C15H11N3O4S. The van der Waals surface area contributed by atoms with Gasteiger partial charge in [0.05, 0.1) is 5.75 Å². The first-order valence-corrected chi connectivity index (χ1v) is 7.81. The SMILES string of the molecule is O=C(CSc1nnc(-c2ccc[nH]2)o1)c1ccc2c(c1)OCO2. The molecule has 2 aromatic heterocycles. The molecule has 1 aliphatic rings. The zero-order valence-electron chi connectivity index (χ0n) is 11.8. The second-order valence-electron chi connectivity index (χ2n) is 4.74. The molecule has 0 atom stereocenters. The number of H-pyrrole nitrogens is 1. The Balaban J connectivity index is 1.42. The van der Waals surface area contributed by atoms with Gasteiger partial charge in [0, 0.05) is 11.8 Å². The van der Waals surface area contributed by atoms with Crippen LogP contribution < -0.4 is 9.47 Å². The van der Waals surface area contributed by atoms with Crippen molar-refractivity contribution in [3.63, 3.8) is 0 Å². The zero-order valence-corrected chi connectivity index (χ0v) is 12.6. The van der Waals surface area contributed by atoms with Gasteiger partial charge < -0.3 is 18.9 Å². The van der Waals surface area contributed by atoms with E-state index >= 15 is 0 Å². The minimum Gasteiger partial charge on any atom is -0.454 e. The number of rotatable bonds is 5. The van der Waals surface area contributed by atoms with Crippen LogP contribution in [0.15, 0.2) is 46.2 Å². The van der Waals surface area contributed by atoms with E-state index in [0.29, 0.717) is 28.2 Å². The third-order valence-corrected chi connectivity index (χ3v) is 4.07. The van der Waals surface area contributed by atoms with Crippen LogP contribution in [-0.4, -0.2) is 33.5 Å². The quantitative estimate of drug-likeness (QED) is 0.568. The highest BCUT2D eigenvalue weighted by atomic mass is 32.2. The van der Waals surface area contributed by atoms with Gasteiger partial charge in [-0.1, -0.05) is 11.8 Å². The lowest BCUT2D eigenvalue weighted by Gasteiger charge is -2.01. The van der Waals surface area contributed by atoms with Crippen LogP contribution in [0.4, 0.5) is 0 Å². The molecule has 0 saturated heterocycles. The summed E-state index contributed by atoms with van der Waals surface area (Å²) >= 11 is 1.20. The molecule has 7 nitrogen and oxygen atoms in total. The van der Waals surface area contributed by atoms with Gasteiger partial charge >= 0.3 is 0 Å². The summed E-state index contributed by atoms with van der Waals surface area (Å²) in [5, 5.41) is 8.22. The van der Waals surface area contributed by atoms with Crippen LogP contribution in [0.25, 0.3) is 11.6 Å². The second kappa shape index (κ2) is 5.81. The highest BCUT2D eigenvalue weighted by Gasteiger charge is 2.17. The second-order valence-corrected chi connectivity index (χ2v) is 5.66. The Morgan fingerprint density at radius 1 is 1.22 bits per heavy atom. The molecule has 0 fully saturated rings. The molecule has 3 heterocycles. The Morgan fingerprint density at radius 2 is 2.13 bits per heavy atom. The number of Topliss-reactive ketones (excluding diaryl/α,β-unsaturated/α-hetero) is 1. The van der Waals surface area contributed by atoms with E-state index in [1.165, 1.54) is 11.8 Å². The lowest BCUT2D eigenvalue weighted by atomic mass is 10.1. The number of aromatic nitrogens is 3. The molecule has 1 N–H and O–H groups in total. The Bertz CT molecular complexity index is 844. The smallest absolute Gasteiger partial charge is 0.277 e. The van der Waals surface area contributed by atoms with Crippen molar-refractivity contribution in [3.05, 3.63) is 42.1 Å². The van der Waals surface area contributed by atoms with E-state index in [2.05, 4.69) is 15.2 Å². The zero-order chi connectivity index (χ0) is 15.6. The molecule has 3 aromatic rings. The molecule has 0 spiro atoms. The Morgan fingerprint density at radius 3 is 3.00 bits per heavy atom. The van der Waals surface area contributed by atoms with E-state index in [1.54, 1.807) is 24.4 Å². The van der Waals surface area contributed by atoms with Crippen LogP contribution >= 0.6 is 11.8 Å². The molecule has 8 heteroatoms. The van der Waals surface area contributed by atoms with Crippen molar-refractivity contribution < 1.29 is 18.7 Å². The average Bonchev–Trinajstić information content (AvgIpc) is 3.32. The van der Waals surface area contributed by atoms with Crippen LogP contribution in [0.5, 0.6) is 11.5 Å². The topological polar surface area (TPSA) is 90.2 Å². The largest absolute Gasteiger partial charge is 0.454 e. The summed E-state index contributed by atoms with van der Waals surface area (Å²) < 4.78 is 16.0. The lowest BCUT2D eigenvalue weighted by molar-refractivity contribution is 0.102. The van der Waals surface area contributed by atoms with Gasteiger partial charge in [-0.15, -0.1) is 10.2 Å². The third kappa shape index (κ3) is 2.80. The molecule has 0 unspecified atom stereocenters. The maximum absolute atomic E-state index is 12.2. The van der Waals surface area contributed by atoms with Gasteiger partial charge in [-0.3, -0.25) is 4.79 Å². The highest BCUT2D eigenvalue weighted by molar-refractivity contribution is 7.99.